The molecule has 4 nitrogen and oxygen atoms in total. The highest BCUT2D eigenvalue weighted by Gasteiger charge is 2.24. The summed E-state index contributed by atoms with van der Waals surface area (Å²) in [5, 5.41) is 0. The monoisotopic (exact) mass is 396 g/mol. The van der Waals surface area contributed by atoms with Crippen molar-refractivity contribution in [3.05, 3.63) is 27.7 Å². The fraction of sp³-hybridized carbons (Fsp3) is 0.571. The normalized spacial score (nSPS) is 12.4. The van der Waals surface area contributed by atoms with E-state index in [0.717, 1.165) is 24.1 Å². The summed E-state index contributed by atoms with van der Waals surface area (Å²) in [4.78, 5) is 2.32. The first-order valence-electron chi connectivity index (χ1n) is 6.66. The molecule has 7 heteroatoms. The lowest BCUT2D eigenvalue weighted by molar-refractivity contribution is 0.370. The van der Waals surface area contributed by atoms with Crippen LogP contribution in [0.1, 0.15) is 17.5 Å². The van der Waals surface area contributed by atoms with E-state index in [1.54, 1.807) is 13.1 Å². The Hall–Kier alpha value is -0.140. The van der Waals surface area contributed by atoms with Crippen LogP contribution in [0.5, 0.6) is 0 Å². The zero-order chi connectivity index (χ0) is 16.2. The van der Waals surface area contributed by atoms with Gasteiger partial charge in [0, 0.05) is 23.9 Å². The molecule has 1 aromatic rings. The van der Waals surface area contributed by atoms with Crippen molar-refractivity contribution in [1.82, 2.24) is 9.21 Å². The quantitative estimate of drug-likeness (QED) is 0.664. The Kier molecular flexibility index (Phi) is 7.13. The molecule has 120 valence electrons. The molecule has 21 heavy (non-hydrogen) atoms. The lowest BCUT2D eigenvalue weighted by Gasteiger charge is -2.20. The van der Waals surface area contributed by atoms with Crippen LogP contribution in [-0.4, -0.2) is 51.9 Å². The molecule has 0 spiro atoms. The SMILES string of the molecule is Cc1cc(CCl)cc(S(=O)(=O)N(C)CCCN(C)C)c1Br. The van der Waals surface area contributed by atoms with Gasteiger partial charge in [0.05, 0.1) is 4.90 Å². The number of hydrogen-bond donors (Lipinski definition) is 0. The Morgan fingerprint density at radius 2 is 1.81 bits per heavy atom. The van der Waals surface area contributed by atoms with E-state index in [4.69, 9.17) is 11.6 Å². The van der Waals surface area contributed by atoms with Gasteiger partial charge in [-0.15, -0.1) is 11.6 Å². The lowest BCUT2D eigenvalue weighted by Crippen LogP contribution is -2.30. The Morgan fingerprint density at radius 3 is 2.33 bits per heavy atom. The van der Waals surface area contributed by atoms with E-state index in [9.17, 15) is 8.42 Å². The molecular weight excluding hydrogens is 376 g/mol. The van der Waals surface area contributed by atoms with Crippen LogP contribution in [0.25, 0.3) is 0 Å². The molecule has 0 aliphatic carbocycles. The molecule has 0 saturated heterocycles. The van der Waals surface area contributed by atoms with Gasteiger partial charge in [-0.25, -0.2) is 12.7 Å². The number of rotatable bonds is 7. The van der Waals surface area contributed by atoms with Gasteiger partial charge in [-0.05, 0) is 67.1 Å². The average Bonchev–Trinajstić information content (AvgIpc) is 2.40. The summed E-state index contributed by atoms with van der Waals surface area (Å²) in [6, 6.07) is 3.53. The minimum Gasteiger partial charge on any atom is -0.309 e. The van der Waals surface area contributed by atoms with Crippen molar-refractivity contribution in [1.29, 1.82) is 0 Å². The zero-order valence-electron chi connectivity index (χ0n) is 12.9. The number of aryl methyl sites for hydroxylation is 1. The van der Waals surface area contributed by atoms with Crippen LogP contribution >= 0.6 is 27.5 Å². The number of nitrogens with zero attached hydrogens (tertiary/aromatic N) is 2. The van der Waals surface area contributed by atoms with Crippen LogP contribution in [0.4, 0.5) is 0 Å². The van der Waals surface area contributed by atoms with E-state index >= 15 is 0 Å². The van der Waals surface area contributed by atoms with Crippen molar-refractivity contribution < 1.29 is 8.42 Å². The van der Waals surface area contributed by atoms with Gasteiger partial charge < -0.3 is 4.90 Å². The summed E-state index contributed by atoms with van der Waals surface area (Å²) in [7, 11) is 2.04. The largest absolute Gasteiger partial charge is 0.309 e. The molecule has 0 aliphatic rings. The van der Waals surface area contributed by atoms with Crippen molar-refractivity contribution in [3.8, 4) is 0 Å². The second kappa shape index (κ2) is 7.92. The van der Waals surface area contributed by atoms with Crippen LogP contribution in [-0.2, 0) is 15.9 Å². The summed E-state index contributed by atoms with van der Waals surface area (Å²) >= 11 is 9.22. The van der Waals surface area contributed by atoms with Gasteiger partial charge in [-0.1, -0.05) is 6.07 Å². The van der Waals surface area contributed by atoms with Gasteiger partial charge in [0.15, 0.2) is 0 Å². The molecule has 0 saturated carbocycles. The van der Waals surface area contributed by atoms with Gasteiger partial charge in [-0.3, -0.25) is 0 Å². The zero-order valence-corrected chi connectivity index (χ0v) is 16.0. The first-order chi connectivity index (χ1) is 9.70. The van der Waals surface area contributed by atoms with E-state index in [-0.39, 0.29) is 4.90 Å². The molecular formula is C14H22BrClN2O2S. The van der Waals surface area contributed by atoms with Gasteiger partial charge in [-0.2, -0.15) is 0 Å². The van der Waals surface area contributed by atoms with Gasteiger partial charge in [0.25, 0.3) is 0 Å². The minimum atomic E-state index is -3.51. The van der Waals surface area contributed by atoms with E-state index in [2.05, 4.69) is 15.9 Å². The summed E-state index contributed by atoms with van der Waals surface area (Å²) in [5.41, 5.74) is 1.67. The maximum absolute atomic E-state index is 12.7. The lowest BCUT2D eigenvalue weighted by atomic mass is 10.2. The molecule has 0 atom stereocenters. The molecule has 0 fully saturated rings. The Balaban J connectivity index is 3.04. The number of benzene rings is 1. The van der Waals surface area contributed by atoms with E-state index in [1.807, 2.05) is 32.0 Å². The third-order valence-corrected chi connectivity index (χ3v) is 6.71. The van der Waals surface area contributed by atoms with Crippen LogP contribution in [0.15, 0.2) is 21.5 Å². The highest BCUT2D eigenvalue weighted by molar-refractivity contribution is 9.10. The van der Waals surface area contributed by atoms with Crippen molar-refractivity contribution in [2.75, 3.05) is 34.2 Å². The van der Waals surface area contributed by atoms with Gasteiger partial charge in [0.2, 0.25) is 10.0 Å². The van der Waals surface area contributed by atoms with E-state index in [0.29, 0.717) is 16.9 Å². The number of sulfonamides is 1. The molecule has 0 N–H and O–H groups in total. The third kappa shape index (κ3) is 4.93. The Bertz CT molecular complexity index is 591. The average molecular weight is 398 g/mol. The predicted octanol–water partition coefficient (Wildman–Crippen LogP) is 3.07. The number of hydrogen-bond acceptors (Lipinski definition) is 3. The van der Waals surface area contributed by atoms with Crippen LogP contribution in [0.2, 0.25) is 0 Å². The third-order valence-electron chi connectivity index (χ3n) is 3.20. The summed E-state index contributed by atoms with van der Waals surface area (Å²) in [6.45, 7) is 3.20. The van der Waals surface area contributed by atoms with Crippen LogP contribution < -0.4 is 0 Å². The second-order valence-electron chi connectivity index (χ2n) is 5.34. The highest BCUT2D eigenvalue weighted by atomic mass is 79.9. The number of alkyl halides is 1. The van der Waals surface area contributed by atoms with E-state index in [1.165, 1.54) is 4.31 Å². The van der Waals surface area contributed by atoms with Gasteiger partial charge >= 0.3 is 0 Å². The molecule has 0 amide bonds. The van der Waals surface area contributed by atoms with Crippen LogP contribution in [0, 0.1) is 6.92 Å². The standard InChI is InChI=1S/C14H22BrClN2O2S/c1-11-8-12(10-16)9-13(14(11)15)21(19,20)18(4)7-5-6-17(2)3/h8-9H,5-7,10H2,1-4H3. The Morgan fingerprint density at radius 1 is 1.19 bits per heavy atom. The van der Waals surface area contributed by atoms with Gasteiger partial charge in [0.1, 0.15) is 0 Å². The smallest absolute Gasteiger partial charge is 0.243 e. The molecule has 0 aromatic heterocycles. The minimum absolute atomic E-state index is 0.283. The topological polar surface area (TPSA) is 40.6 Å². The molecule has 1 aromatic carbocycles. The predicted molar refractivity (Wildman–Crippen MR) is 91.4 cm³/mol. The second-order valence-corrected chi connectivity index (χ2v) is 8.42. The molecule has 0 unspecified atom stereocenters. The Labute approximate surface area is 141 Å². The maximum Gasteiger partial charge on any atom is 0.243 e. The fourth-order valence-corrected chi connectivity index (χ4v) is 4.36. The maximum atomic E-state index is 12.7. The van der Waals surface area contributed by atoms with E-state index < -0.39 is 10.0 Å². The summed E-state index contributed by atoms with van der Waals surface area (Å²) in [6.07, 6.45) is 0.786. The number of halogens is 2. The van der Waals surface area contributed by atoms with Crippen molar-refractivity contribution >= 4 is 37.6 Å². The summed E-state index contributed by atoms with van der Waals surface area (Å²) < 4.78 is 27.4. The molecule has 1 rings (SSSR count). The van der Waals surface area contributed by atoms with Crippen LogP contribution in [0.3, 0.4) is 0 Å². The van der Waals surface area contributed by atoms with Crippen molar-refractivity contribution in [2.24, 2.45) is 0 Å². The molecule has 0 bridgehead atoms. The first-order valence-corrected chi connectivity index (χ1v) is 9.43. The fourth-order valence-electron chi connectivity index (χ4n) is 1.97. The molecule has 0 aliphatic heterocycles. The molecule has 0 heterocycles. The molecule has 0 radical (unpaired) electrons. The van der Waals surface area contributed by atoms with Crippen molar-refractivity contribution in [2.45, 2.75) is 24.1 Å². The highest BCUT2D eigenvalue weighted by Crippen LogP contribution is 2.29. The summed E-state index contributed by atoms with van der Waals surface area (Å²) in [5.74, 6) is 0.293. The first kappa shape index (κ1) is 18.9. The van der Waals surface area contributed by atoms with Crippen molar-refractivity contribution in [3.63, 3.8) is 0 Å².